The minimum atomic E-state index is 0.899. The molecule has 0 saturated carbocycles. The molecule has 70 valence electrons. The highest BCUT2D eigenvalue weighted by atomic mass is 15.1. The molecule has 0 amide bonds. The van der Waals surface area contributed by atoms with E-state index in [-0.39, 0.29) is 0 Å². The van der Waals surface area contributed by atoms with Crippen molar-refractivity contribution in [2.24, 2.45) is 7.05 Å². The lowest BCUT2D eigenvalue weighted by Gasteiger charge is -2.12. The first-order chi connectivity index (χ1) is 6.20. The molecule has 1 aliphatic rings. The Bertz CT molecular complexity index is 349. The minimum Gasteiger partial charge on any atom is -0.331 e. The summed E-state index contributed by atoms with van der Waals surface area (Å²) >= 11 is 0. The van der Waals surface area contributed by atoms with Gasteiger partial charge in [-0.05, 0) is 12.5 Å². The van der Waals surface area contributed by atoms with Crippen molar-refractivity contribution in [2.45, 2.75) is 19.9 Å². The lowest BCUT2D eigenvalue weighted by Crippen LogP contribution is -2.24. The zero-order chi connectivity index (χ0) is 9.42. The smallest absolute Gasteiger partial charge is 0.135 e. The van der Waals surface area contributed by atoms with Gasteiger partial charge in [-0.2, -0.15) is 0 Å². The number of fused-ring (bicyclic) bond motifs is 1. The molecule has 3 nitrogen and oxygen atoms in total. The molecule has 0 spiro atoms. The molecule has 3 heteroatoms. The normalized spacial score (nSPS) is 15.5. The topological polar surface area (TPSA) is 29.9 Å². The lowest BCUT2D eigenvalue weighted by molar-refractivity contribution is 0.611. The summed E-state index contributed by atoms with van der Waals surface area (Å²) < 4.78 is 2.17. The standard InChI is InChI=1S/C10H15N3/c1-7(2)10-12-8-6-11-5-4-9(8)13(10)3/h11H,1,4-6H2,2-3H3. The number of hydrogen-bond donors (Lipinski definition) is 1. The van der Waals surface area contributed by atoms with Gasteiger partial charge in [0.1, 0.15) is 5.82 Å². The molecule has 0 bridgehead atoms. The number of hydrogen-bond acceptors (Lipinski definition) is 2. The molecule has 0 aliphatic carbocycles. The van der Waals surface area contributed by atoms with E-state index in [1.165, 1.54) is 11.4 Å². The highest BCUT2D eigenvalue weighted by Gasteiger charge is 2.17. The van der Waals surface area contributed by atoms with Crippen LogP contribution in [0.15, 0.2) is 6.58 Å². The van der Waals surface area contributed by atoms with E-state index < -0.39 is 0 Å². The van der Waals surface area contributed by atoms with Crippen LogP contribution in [-0.4, -0.2) is 16.1 Å². The molecule has 0 saturated heterocycles. The third kappa shape index (κ3) is 1.29. The Kier molecular flexibility index (Phi) is 1.96. The van der Waals surface area contributed by atoms with E-state index in [1.807, 2.05) is 6.92 Å². The van der Waals surface area contributed by atoms with Crippen molar-refractivity contribution in [1.82, 2.24) is 14.9 Å². The highest BCUT2D eigenvalue weighted by molar-refractivity contribution is 5.56. The van der Waals surface area contributed by atoms with Crippen molar-refractivity contribution in [3.8, 4) is 0 Å². The van der Waals surface area contributed by atoms with E-state index in [1.54, 1.807) is 0 Å². The third-order valence-electron chi connectivity index (χ3n) is 2.51. The van der Waals surface area contributed by atoms with Crippen LogP contribution in [0.3, 0.4) is 0 Å². The summed E-state index contributed by atoms with van der Waals surface area (Å²) in [4.78, 5) is 4.55. The summed E-state index contributed by atoms with van der Waals surface area (Å²) in [7, 11) is 2.07. The molecule has 0 unspecified atom stereocenters. The molecule has 1 aromatic rings. The van der Waals surface area contributed by atoms with E-state index in [0.29, 0.717) is 0 Å². The molecule has 2 rings (SSSR count). The molecular weight excluding hydrogens is 162 g/mol. The van der Waals surface area contributed by atoms with Crippen molar-refractivity contribution in [1.29, 1.82) is 0 Å². The number of nitrogens with one attached hydrogen (secondary N) is 1. The summed E-state index contributed by atoms with van der Waals surface area (Å²) in [5.74, 6) is 1.02. The Hall–Kier alpha value is -1.09. The largest absolute Gasteiger partial charge is 0.331 e. The lowest BCUT2D eigenvalue weighted by atomic mass is 10.2. The number of aromatic nitrogens is 2. The van der Waals surface area contributed by atoms with E-state index in [9.17, 15) is 0 Å². The van der Waals surface area contributed by atoms with Gasteiger partial charge in [0.25, 0.3) is 0 Å². The number of nitrogens with zero attached hydrogens (tertiary/aromatic N) is 2. The van der Waals surface area contributed by atoms with Crippen LogP contribution >= 0.6 is 0 Å². The van der Waals surface area contributed by atoms with Gasteiger partial charge in [-0.3, -0.25) is 0 Å². The second-order valence-electron chi connectivity index (χ2n) is 3.59. The van der Waals surface area contributed by atoms with Gasteiger partial charge in [0, 0.05) is 32.3 Å². The monoisotopic (exact) mass is 177 g/mol. The number of rotatable bonds is 1. The average molecular weight is 177 g/mol. The van der Waals surface area contributed by atoms with E-state index in [2.05, 4.69) is 28.5 Å². The fraction of sp³-hybridized carbons (Fsp3) is 0.500. The third-order valence-corrected chi connectivity index (χ3v) is 2.51. The summed E-state index contributed by atoms with van der Waals surface area (Å²) in [5, 5.41) is 3.31. The average Bonchev–Trinajstić information content (AvgIpc) is 2.45. The van der Waals surface area contributed by atoms with Crippen molar-refractivity contribution in [3.63, 3.8) is 0 Å². The molecule has 2 heterocycles. The maximum atomic E-state index is 4.55. The Morgan fingerprint density at radius 1 is 1.62 bits per heavy atom. The first kappa shape index (κ1) is 8.51. The predicted octanol–water partition coefficient (Wildman–Crippen LogP) is 1.10. The first-order valence-corrected chi connectivity index (χ1v) is 4.61. The molecule has 1 aliphatic heterocycles. The van der Waals surface area contributed by atoms with Crippen LogP contribution < -0.4 is 5.32 Å². The second-order valence-corrected chi connectivity index (χ2v) is 3.59. The SMILES string of the molecule is C=C(C)c1nc2c(n1C)CCNC2. The maximum absolute atomic E-state index is 4.55. The molecule has 1 aromatic heterocycles. The molecule has 0 radical (unpaired) electrons. The minimum absolute atomic E-state index is 0.899. The Balaban J connectivity index is 2.50. The van der Waals surface area contributed by atoms with Gasteiger partial charge in [0.05, 0.1) is 5.69 Å². The van der Waals surface area contributed by atoms with Gasteiger partial charge in [-0.15, -0.1) is 0 Å². The van der Waals surface area contributed by atoms with Gasteiger partial charge in [0.2, 0.25) is 0 Å². The maximum Gasteiger partial charge on any atom is 0.135 e. The van der Waals surface area contributed by atoms with Gasteiger partial charge in [0.15, 0.2) is 0 Å². The van der Waals surface area contributed by atoms with Crippen molar-refractivity contribution >= 4 is 5.57 Å². The van der Waals surface area contributed by atoms with Gasteiger partial charge < -0.3 is 9.88 Å². The van der Waals surface area contributed by atoms with Gasteiger partial charge in [-0.1, -0.05) is 6.58 Å². The fourth-order valence-electron chi connectivity index (χ4n) is 1.84. The van der Waals surface area contributed by atoms with Crippen molar-refractivity contribution in [3.05, 3.63) is 23.8 Å². The Morgan fingerprint density at radius 3 is 3.00 bits per heavy atom. The molecule has 0 fully saturated rings. The fourth-order valence-corrected chi connectivity index (χ4v) is 1.84. The van der Waals surface area contributed by atoms with Crippen LogP contribution in [0.1, 0.15) is 24.1 Å². The quantitative estimate of drug-likeness (QED) is 0.696. The molecule has 1 N–H and O–H groups in total. The molecule has 0 atom stereocenters. The summed E-state index contributed by atoms with van der Waals surface area (Å²) in [6.45, 7) is 7.88. The molecular formula is C10H15N3. The summed E-state index contributed by atoms with van der Waals surface area (Å²) in [6, 6.07) is 0. The van der Waals surface area contributed by atoms with Crippen LogP contribution in [0.5, 0.6) is 0 Å². The Morgan fingerprint density at radius 2 is 2.38 bits per heavy atom. The van der Waals surface area contributed by atoms with Crippen molar-refractivity contribution in [2.75, 3.05) is 6.54 Å². The van der Waals surface area contributed by atoms with Crippen LogP contribution in [-0.2, 0) is 20.0 Å². The summed E-state index contributed by atoms with van der Waals surface area (Å²) in [5.41, 5.74) is 3.58. The zero-order valence-corrected chi connectivity index (χ0v) is 8.22. The van der Waals surface area contributed by atoms with E-state index in [4.69, 9.17) is 0 Å². The Labute approximate surface area is 78.5 Å². The van der Waals surface area contributed by atoms with Crippen molar-refractivity contribution < 1.29 is 0 Å². The van der Waals surface area contributed by atoms with Gasteiger partial charge >= 0.3 is 0 Å². The summed E-state index contributed by atoms with van der Waals surface area (Å²) in [6.07, 6.45) is 1.08. The van der Waals surface area contributed by atoms with Crippen LogP contribution in [0.2, 0.25) is 0 Å². The van der Waals surface area contributed by atoms with Crippen LogP contribution in [0, 0.1) is 0 Å². The van der Waals surface area contributed by atoms with Gasteiger partial charge in [-0.25, -0.2) is 4.98 Å². The van der Waals surface area contributed by atoms with Crippen LogP contribution in [0.4, 0.5) is 0 Å². The predicted molar refractivity (Wildman–Crippen MR) is 53.3 cm³/mol. The zero-order valence-electron chi connectivity index (χ0n) is 8.22. The molecule has 0 aromatic carbocycles. The highest BCUT2D eigenvalue weighted by Crippen LogP contribution is 2.18. The van der Waals surface area contributed by atoms with E-state index in [0.717, 1.165) is 30.9 Å². The number of imidazole rings is 1. The van der Waals surface area contributed by atoms with E-state index >= 15 is 0 Å². The first-order valence-electron chi connectivity index (χ1n) is 4.61. The number of allylic oxidation sites excluding steroid dienone is 1. The second kappa shape index (κ2) is 3.00. The molecule has 13 heavy (non-hydrogen) atoms. The van der Waals surface area contributed by atoms with Crippen LogP contribution in [0.25, 0.3) is 5.57 Å².